The number of nitrogens with one attached hydrogen (secondary N) is 1. The van der Waals surface area contributed by atoms with Gasteiger partial charge in [0.15, 0.2) is 0 Å². The van der Waals surface area contributed by atoms with Crippen molar-refractivity contribution >= 4 is 27.3 Å². The number of nitrogen functional groups attached to an aromatic ring is 1. The van der Waals surface area contributed by atoms with Gasteiger partial charge in [-0.05, 0) is 37.5 Å². The minimum Gasteiger partial charge on any atom is -0.398 e. The van der Waals surface area contributed by atoms with Gasteiger partial charge in [-0.2, -0.15) is 0 Å². The van der Waals surface area contributed by atoms with Crippen LogP contribution in [0.2, 0.25) is 5.02 Å². The van der Waals surface area contributed by atoms with Gasteiger partial charge in [0.25, 0.3) is 0 Å². The standard InChI is InChI=1S/C14H23ClN2O3S/c1-5-20-8-13(9(2)3)17-21(18,19)14-7-11(15)6-12(16)10(14)4/h6-7,9,13,17H,5,8,16H2,1-4H3. The average molecular weight is 335 g/mol. The Morgan fingerprint density at radius 3 is 2.52 bits per heavy atom. The molecule has 0 saturated heterocycles. The van der Waals surface area contributed by atoms with Crippen LogP contribution in [0, 0.1) is 12.8 Å². The largest absolute Gasteiger partial charge is 0.398 e. The number of hydrogen-bond donors (Lipinski definition) is 2. The summed E-state index contributed by atoms with van der Waals surface area (Å²) in [4.78, 5) is 0.106. The predicted octanol–water partition coefficient (Wildman–Crippen LogP) is 2.57. The number of ether oxygens (including phenoxy) is 1. The van der Waals surface area contributed by atoms with E-state index in [9.17, 15) is 8.42 Å². The van der Waals surface area contributed by atoms with E-state index < -0.39 is 10.0 Å². The minimum atomic E-state index is -3.71. The fourth-order valence-corrected chi connectivity index (χ4v) is 3.78. The summed E-state index contributed by atoms with van der Waals surface area (Å²) in [6.45, 7) is 8.26. The lowest BCUT2D eigenvalue weighted by Gasteiger charge is -2.22. The maximum atomic E-state index is 12.6. The smallest absolute Gasteiger partial charge is 0.241 e. The molecular weight excluding hydrogens is 312 g/mol. The molecule has 1 aromatic carbocycles. The van der Waals surface area contributed by atoms with Crippen molar-refractivity contribution < 1.29 is 13.2 Å². The Bertz CT molecular complexity index is 588. The highest BCUT2D eigenvalue weighted by Crippen LogP contribution is 2.26. The lowest BCUT2D eigenvalue weighted by atomic mass is 10.1. The summed E-state index contributed by atoms with van der Waals surface area (Å²) in [5, 5.41) is 0.296. The van der Waals surface area contributed by atoms with Gasteiger partial charge < -0.3 is 10.5 Å². The molecule has 0 aliphatic heterocycles. The van der Waals surface area contributed by atoms with Crippen LogP contribution in [-0.4, -0.2) is 27.7 Å². The average Bonchev–Trinajstić information content (AvgIpc) is 2.38. The highest BCUT2D eigenvalue weighted by Gasteiger charge is 2.25. The maximum Gasteiger partial charge on any atom is 0.241 e. The quantitative estimate of drug-likeness (QED) is 0.751. The van der Waals surface area contributed by atoms with Crippen LogP contribution in [0.1, 0.15) is 26.3 Å². The molecule has 0 aliphatic rings. The van der Waals surface area contributed by atoms with Gasteiger partial charge in [0.05, 0.1) is 11.5 Å². The monoisotopic (exact) mass is 334 g/mol. The Morgan fingerprint density at radius 1 is 1.38 bits per heavy atom. The molecule has 5 nitrogen and oxygen atoms in total. The molecule has 3 N–H and O–H groups in total. The number of hydrogen-bond acceptors (Lipinski definition) is 4. The van der Waals surface area contributed by atoms with Crippen molar-refractivity contribution in [3.05, 3.63) is 22.7 Å². The number of rotatable bonds is 7. The van der Waals surface area contributed by atoms with Crippen LogP contribution >= 0.6 is 11.6 Å². The normalized spacial score (nSPS) is 13.6. The highest BCUT2D eigenvalue weighted by molar-refractivity contribution is 7.89. The van der Waals surface area contributed by atoms with Gasteiger partial charge in [0.1, 0.15) is 0 Å². The number of nitrogens with two attached hydrogens (primary N) is 1. The van der Waals surface area contributed by atoms with E-state index in [1.165, 1.54) is 12.1 Å². The minimum absolute atomic E-state index is 0.100. The van der Waals surface area contributed by atoms with Crippen molar-refractivity contribution in [2.75, 3.05) is 18.9 Å². The van der Waals surface area contributed by atoms with E-state index in [4.69, 9.17) is 22.1 Å². The Hall–Kier alpha value is -0.820. The molecule has 0 amide bonds. The van der Waals surface area contributed by atoms with Crippen LogP contribution in [0.4, 0.5) is 5.69 Å². The second-order valence-electron chi connectivity index (χ2n) is 5.25. The summed E-state index contributed by atoms with van der Waals surface area (Å²) in [6, 6.07) is 2.64. The van der Waals surface area contributed by atoms with Crippen LogP contribution in [0.15, 0.2) is 17.0 Å². The van der Waals surface area contributed by atoms with Crippen LogP contribution < -0.4 is 10.5 Å². The van der Waals surface area contributed by atoms with Crippen LogP contribution in [0.5, 0.6) is 0 Å². The number of halogens is 1. The maximum absolute atomic E-state index is 12.6. The van der Waals surface area contributed by atoms with Gasteiger partial charge in [-0.15, -0.1) is 0 Å². The third-order valence-electron chi connectivity index (χ3n) is 3.27. The van der Waals surface area contributed by atoms with E-state index in [2.05, 4.69) is 4.72 Å². The second-order valence-corrected chi connectivity index (χ2v) is 7.37. The summed E-state index contributed by atoms with van der Waals surface area (Å²) < 4.78 is 33.1. The van der Waals surface area contributed by atoms with E-state index >= 15 is 0 Å². The molecule has 0 spiro atoms. The first kappa shape index (κ1) is 18.2. The topological polar surface area (TPSA) is 81.4 Å². The van der Waals surface area contributed by atoms with Crippen molar-refractivity contribution in [1.29, 1.82) is 0 Å². The molecule has 0 aliphatic carbocycles. The van der Waals surface area contributed by atoms with E-state index in [0.29, 0.717) is 29.5 Å². The summed E-state index contributed by atoms with van der Waals surface area (Å²) in [7, 11) is -3.71. The zero-order valence-electron chi connectivity index (χ0n) is 12.8. The number of benzene rings is 1. The molecule has 7 heteroatoms. The van der Waals surface area contributed by atoms with Crippen LogP contribution in [0.25, 0.3) is 0 Å². The zero-order chi connectivity index (χ0) is 16.2. The molecule has 120 valence electrons. The number of sulfonamides is 1. The molecule has 1 rings (SSSR count). The molecule has 0 saturated carbocycles. The van der Waals surface area contributed by atoms with Crippen molar-refractivity contribution in [1.82, 2.24) is 4.72 Å². The van der Waals surface area contributed by atoms with Gasteiger partial charge in [-0.1, -0.05) is 25.4 Å². The van der Waals surface area contributed by atoms with E-state index in [1.54, 1.807) is 6.92 Å². The summed E-state index contributed by atoms with van der Waals surface area (Å²) in [5.41, 5.74) is 6.63. The Balaban J connectivity index is 3.10. The van der Waals surface area contributed by atoms with Crippen molar-refractivity contribution in [3.63, 3.8) is 0 Å². The SMILES string of the molecule is CCOCC(NS(=O)(=O)c1cc(Cl)cc(N)c1C)C(C)C. The van der Waals surface area contributed by atoms with Gasteiger partial charge >= 0.3 is 0 Å². The first-order chi connectivity index (χ1) is 9.69. The Morgan fingerprint density at radius 2 is 2.00 bits per heavy atom. The fraction of sp³-hybridized carbons (Fsp3) is 0.571. The van der Waals surface area contributed by atoms with E-state index in [-0.39, 0.29) is 16.9 Å². The lowest BCUT2D eigenvalue weighted by molar-refractivity contribution is 0.116. The van der Waals surface area contributed by atoms with Gasteiger partial charge in [0.2, 0.25) is 10.0 Å². The first-order valence-electron chi connectivity index (χ1n) is 6.84. The fourth-order valence-electron chi connectivity index (χ4n) is 1.82. The third kappa shape index (κ3) is 4.85. The van der Waals surface area contributed by atoms with Crippen molar-refractivity contribution in [2.24, 2.45) is 5.92 Å². The van der Waals surface area contributed by atoms with Crippen molar-refractivity contribution in [2.45, 2.75) is 38.6 Å². The Kier molecular flexibility index (Phi) is 6.46. The second kappa shape index (κ2) is 7.45. The molecular formula is C14H23ClN2O3S. The third-order valence-corrected chi connectivity index (χ3v) is 5.10. The van der Waals surface area contributed by atoms with E-state index in [0.717, 1.165) is 0 Å². The lowest BCUT2D eigenvalue weighted by Crippen LogP contribution is -2.42. The van der Waals surface area contributed by atoms with Crippen LogP contribution in [-0.2, 0) is 14.8 Å². The highest BCUT2D eigenvalue weighted by atomic mass is 35.5. The molecule has 0 bridgehead atoms. The molecule has 0 heterocycles. The molecule has 21 heavy (non-hydrogen) atoms. The molecule has 1 aromatic rings. The molecule has 0 fully saturated rings. The van der Waals surface area contributed by atoms with Crippen LogP contribution in [0.3, 0.4) is 0 Å². The molecule has 1 unspecified atom stereocenters. The van der Waals surface area contributed by atoms with Crippen molar-refractivity contribution in [3.8, 4) is 0 Å². The van der Waals surface area contributed by atoms with Gasteiger partial charge in [0, 0.05) is 23.4 Å². The predicted molar refractivity (Wildman–Crippen MR) is 86.0 cm³/mol. The Labute approximate surface area is 131 Å². The summed E-state index contributed by atoms with van der Waals surface area (Å²) in [6.07, 6.45) is 0. The first-order valence-corrected chi connectivity index (χ1v) is 8.70. The zero-order valence-corrected chi connectivity index (χ0v) is 14.4. The summed E-state index contributed by atoms with van der Waals surface area (Å²) >= 11 is 5.91. The molecule has 1 atom stereocenters. The number of anilines is 1. The summed E-state index contributed by atoms with van der Waals surface area (Å²) in [5.74, 6) is 0.100. The van der Waals surface area contributed by atoms with E-state index in [1.807, 2.05) is 20.8 Å². The van der Waals surface area contributed by atoms with Gasteiger partial charge in [-0.3, -0.25) is 0 Å². The molecule has 0 aromatic heterocycles. The van der Waals surface area contributed by atoms with Gasteiger partial charge in [-0.25, -0.2) is 13.1 Å². The molecule has 0 radical (unpaired) electrons.